The first-order valence-corrected chi connectivity index (χ1v) is 5.06. The maximum absolute atomic E-state index is 13.7. The highest BCUT2D eigenvalue weighted by Crippen LogP contribution is 2.44. The molecular formula is C10H14F2N2O. The predicted molar refractivity (Wildman–Crippen MR) is 50.8 cm³/mol. The van der Waals surface area contributed by atoms with Gasteiger partial charge in [-0.3, -0.25) is 4.68 Å². The second-order valence-corrected chi connectivity index (χ2v) is 4.08. The van der Waals surface area contributed by atoms with E-state index >= 15 is 0 Å². The maximum atomic E-state index is 13.7. The van der Waals surface area contributed by atoms with Crippen LogP contribution in [0.3, 0.4) is 0 Å². The Kier molecular flexibility index (Phi) is 2.50. The molecular weight excluding hydrogens is 202 g/mol. The average Bonchev–Trinajstić information content (AvgIpc) is 2.50. The SMILES string of the molecule is Cn1nccc1[C@@H]1C(O)CCCC1(F)F. The van der Waals surface area contributed by atoms with Crippen LogP contribution in [0.25, 0.3) is 0 Å². The molecule has 1 saturated carbocycles. The lowest BCUT2D eigenvalue weighted by atomic mass is 9.81. The number of rotatable bonds is 1. The second kappa shape index (κ2) is 3.56. The maximum Gasteiger partial charge on any atom is 0.258 e. The fourth-order valence-electron chi connectivity index (χ4n) is 2.25. The molecule has 2 rings (SSSR count). The van der Waals surface area contributed by atoms with Crippen molar-refractivity contribution in [3.8, 4) is 0 Å². The second-order valence-electron chi connectivity index (χ2n) is 4.08. The van der Waals surface area contributed by atoms with Gasteiger partial charge >= 0.3 is 0 Å². The van der Waals surface area contributed by atoms with Crippen molar-refractivity contribution in [2.24, 2.45) is 7.05 Å². The lowest BCUT2D eigenvalue weighted by Crippen LogP contribution is -2.40. The van der Waals surface area contributed by atoms with Gasteiger partial charge in [0.2, 0.25) is 0 Å². The van der Waals surface area contributed by atoms with Crippen LogP contribution >= 0.6 is 0 Å². The zero-order chi connectivity index (χ0) is 11.1. The number of alkyl halides is 2. The van der Waals surface area contributed by atoms with E-state index in [0.29, 0.717) is 18.5 Å². The molecule has 3 nitrogen and oxygen atoms in total. The largest absolute Gasteiger partial charge is 0.392 e. The molecule has 0 saturated heterocycles. The molecule has 5 heteroatoms. The first kappa shape index (κ1) is 10.5. The van der Waals surface area contributed by atoms with Crippen molar-refractivity contribution in [1.82, 2.24) is 9.78 Å². The summed E-state index contributed by atoms with van der Waals surface area (Å²) in [5.41, 5.74) is 0.409. The normalized spacial score (nSPS) is 30.4. The molecule has 0 amide bonds. The van der Waals surface area contributed by atoms with E-state index in [9.17, 15) is 13.9 Å². The molecule has 1 heterocycles. The number of aliphatic hydroxyl groups is 1. The Balaban J connectivity index is 2.36. The van der Waals surface area contributed by atoms with Crippen LogP contribution in [0, 0.1) is 0 Å². The number of aromatic nitrogens is 2. The minimum Gasteiger partial charge on any atom is -0.392 e. The Morgan fingerprint density at radius 2 is 2.33 bits per heavy atom. The van der Waals surface area contributed by atoms with Crippen molar-refractivity contribution >= 4 is 0 Å². The molecule has 15 heavy (non-hydrogen) atoms. The molecule has 1 aromatic heterocycles. The third-order valence-corrected chi connectivity index (χ3v) is 3.03. The Hall–Kier alpha value is -0.970. The third kappa shape index (κ3) is 1.76. The molecule has 1 aliphatic carbocycles. The van der Waals surface area contributed by atoms with Crippen molar-refractivity contribution in [2.75, 3.05) is 0 Å². The first-order valence-electron chi connectivity index (χ1n) is 5.06. The van der Waals surface area contributed by atoms with E-state index in [1.807, 2.05) is 0 Å². The van der Waals surface area contributed by atoms with Gasteiger partial charge < -0.3 is 5.11 Å². The van der Waals surface area contributed by atoms with Gasteiger partial charge in [-0.05, 0) is 18.9 Å². The molecule has 1 fully saturated rings. The summed E-state index contributed by atoms with van der Waals surface area (Å²) in [6.45, 7) is 0. The first-order chi connectivity index (χ1) is 7.02. The zero-order valence-electron chi connectivity index (χ0n) is 8.53. The molecule has 0 bridgehead atoms. The van der Waals surface area contributed by atoms with Gasteiger partial charge in [0.05, 0.1) is 12.0 Å². The van der Waals surface area contributed by atoms with E-state index in [2.05, 4.69) is 5.10 Å². The summed E-state index contributed by atoms with van der Waals surface area (Å²) in [4.78, 5) is 0. The zero-order valence-corrected chi connectivity index (χ0v) is 8.53. The minimum absolute atomic E-state index is 0.153. The summed E-state index contributed by atoms with van der Waals surface area (Å²) >= 11 is 0. The third-order valence-electron chi connectivity index (χ3n) is 3.03. The summed E-state index contributed by atoms with van der Waals surface area (Å²) < 4.78 is 28.7. The lowest BCUT2D eigenvalue weighted by Gasteiger charge is -2.35. The van der Waals surface area contributed by atoms with Gasteiger partial charge in [0, 0.05) is 25.4 Å². The molecule has 0 aliphatic heterocycles. The van der Waals surface area contributed by atoms with Crippen LogP contribution in [0.2, 0.25) is 0 Å². The summed E-state index contributed by atoms with van der Waals surface area (Å²) in [7, 11) is 1.62. The number of aliphatic hydroxyl groups excluding tert-OH is 1. The number of nitrogens with zero attached hydrogens (tertiary/aromatic N) is 2. The molecule has 0 radical (unpaired) electrons. The molecule has 1 aromatic rings. The van der Waals surface area contributed by atoms with Gasteiger partial charge in [0.1, 0.15) is 0 Å². The number of hydrogen-bond acceptors (Lipinski definition) is 2. The van der Waals surface area contributed by atoms with E-state index in [1.54, 1.807) is 13.1 Å². The lowest BCUT2D eigenvalue weighted by molar-refractivity contribution is -0.101. The Morgan fingerprint density at radius 1 is 1.60 bits per heavy atom. The van der Waals surface area contributed by atoms with Crippen LogP contribution in [-0.4, -0.2) is 26.9 Å². The molecule has 1 N–H and O–H groups in total. The fourth-order valence-corrected chi connectivity index (χ4v) is 2.25. The van der Waals surface area contributed by atoms with Crippen molar-refractivity contribution in [3.05, 3.63) is 18.0 Å². The van der Waals surface area contributed by atoms with Crippen LogP contribution in [0.1, 0.15) is 30.9 Å². The summed E-state index contributed by atoms with van der Waals surface area (Å²) in [5.74, 6) is -3.94. The van der Waals surface area contributed by atoms with Gasteiger partial charge in [-0.1, -0.05) is 0 Å². The summed E-state index contributed by atoms with van der Waals surface area (Å²) in [6, 6.07) is 1.55. The van der Waals surface area contributed by atoms with E-state index in [1.165, 1.54) is 10.9 Å². The highest BCUT2D eigenvalue weighted by Gasteiger charge is 2.48. The Labute approximate surface area is 86.7 Å². The Bertz CT molecular complexity index is 351. The predicted octanol–water partition coefficient (Wildman–Crippen LogP) is 1.68. The van der Waals surface area contributed by atoms with Crippen molar-refractivity contribution < 1.29 is 13.9 Å². The van der Waals surface area contributed by atoms with Crippen molar-refractivity contribution in [2.45, 2.75) is 37.2 Å². The number of halogens is 2. The van der Waals surface area contributed by atoms with Gasteiger partial charge in [0.15, 0.2) is 0 Å². The van der Waals surface area contributed by atoms with Crippen LogP contribution in [0.4, 0.5) is 8.78 Å². The quantitative estimate of drug-likeness (QED) is 0.775. The van der Waals surface area contributed by atoms with Gasteiger partial charge in [-0.2, -0.15) is 5.10 Å². The van der Waals surface area contributed by atoms with Crippen LogP contribution in [0.5, 0.6) is 0 Å². The average molecular weight is 216 g/mol. The van der Waals surface area contributed by atoms with E-state index < -0.39 is 17.9 Å². The van der Waals surface area contributed by atoms with Crippen LogP contribution in [0.15, 0.2) is 12.3 Å². The van der Waals surface area contributed by atoms with Crippen LogP contribution in [-0.2, 0) is 7.05 Å². The van der Waals surface area contributed by atoms with E-state index in [-0.39, 0.29) is 6.42 Å². The van der Waals surface area contributed by atoms with Crippen molar-refractivity contribution in [1.29, 1.82) is 0 Å². The summed E-state index contributed by atoms with van der Waals surface area (Å²) in [5, 5.41) is 13.5. The minimum atomic E-state index is -2.83. The van der Waals surface area contributed by atoms with Gasteiger partial charge in [0.25, 0.3) is 5.92 Å². The molecule has 0 spiro atoms. The Morgan fingerprint density at radius 3 is 2.87 bits per heavy atom. The molecule has 0 aromatic carbocycles. The van der Waals surface area contributed by atoms with E-state index in [0.717, 1.165) is 0 Å². The smallest absolute Gasteiger partial charge is 0.258 e. The monoisotopic (exact) mass is 216 g/mol. The molecule has 2 atom stereocenters. The van der Waals surface area contributed by atoms with Crippen LogP contribution < -0.4 is 0 Å². The molecule has 1 unspecified atom stereocenters. The highest BCUT2D eigenvalue weighted by molar-refractivity contribution is 5.15. The van der Waals surface area contributed by atoms with Crippen molar-refractivity contribution in [3.63, 3.8) is 0 Å². The molecule has 84 valence electrons. The van der Waals surface area contributed by atoms with E-state index in [4.69, 9.17) is 0 Å². The number of hydrogen-bond donors (Lipinski definition) is 1. The standard InChI is InChI=1S/C10H14F2N2O/c1-14-7(4-6-13-14)9-8(15)3-2-5-10(9,11)12/h4,6,8-9,15H,2-3,5H2,1H3/t8?,9-/m1/s1. The topological polar surface area (TPSA) is 38.0 Å². The summed E-state index contributed by atoms with van der Waals surface area (Å²) in [6.07, 6.45) is 1.17. The molecule has 1 aliphatic rings. The number of aryl methyl sites for hydroxylation is 1. The fraction of sp³-hybridized carbons (Fsp3) is 0.700. The van der Waals surface area contributed by atoms with Gasteiger partial charge in [-0.15, -0.1) is 0 Å². The highest BCUT2D eigenvalue weighted by atomic mass is 19.3. The van der Waals surface area contributed by atoms with Gasteiger partial charge in [-0.25, -0.2) is 8.78 Å².